The molecule has 0 aliphatic heterocycles. The van der Waals surface area contributed by atoms with Gasteiger partial charge in [0.05, 0.1) is 14.2 Å². The van der Waals surface area contributed by atoms with Crippen molar-refractivity contribution in [2.45, 2.75) is 20.3 Å². The Labute approximate surface area is 90.7 Å². The quantitative estimate of drug-likeness (QED) is 0.553. The number of aliphatic hydroxyl groups is 1. The van der Waals surface area contributed by atoms with Gasteiger partial charge in [0.2, 0.25) is 0 Å². The average molecular weight is 220 g/mol. The number of rotatable bonds is 2. The molecule has 0 saturated carbocycles. The lowest BCUT2D eigenvalue weighted by atomic mass is 10.4. The SMILES string of the molecule is C=C(C)C(=O)OC.CCC(=O)OC.CO. The Morgan fingerprint density at radius 1 is 1.20 bits per heavy atom. The van der Waals surface area contributed by atoms with Gasteiger partial charge >= 0.3 is 11.9 Å². The van der Waals surface area contributed by atoms with Crippen LogP contribution in [0.3, 0.4) is 0 Å². The van der Waals surface area contributed by atoms with Crippen LogP contribution in [-0.4, -0.2) is 38.4 Å². The zero-order valence-electron chi connectivity index (χ0n) is 9.99. The number of hydrogen-bond acceptors (Lipinski definition) is 5. The highest BCUT2D eigenvalue weighted by Crippen LogP contribution is 1.87. The van der Waals surface area contributed by atoms with Crippen molar-refractivity contribution >= 4 is 11.9 Å². The topological polar surface area (TPSA) is 72.8 Å². The lowest BCUT2D eigenvalue weighted by Gasteiger charge is -1.91. The molecule has 15 heavy (non-hydrogen) atoms. The number of aliphatic hydroxyl groups excluding tert-OH is 1. The molecule has 0 aromatic carbocycles. The molecule has 0 aromatic heterocycles. The second-order valence-electron chi connectivity index (χ2n) is 2.20. The van der Waals surface area contributed by atoms with Crippen molar-refractivity contribution in [2.75, 3.05) is 21.3 Å². The molecule has 0 amide bonds. The lowest BCUT2D eigenvalue weighted by molar-refractivity contribution is -0.140. The van der Waals surface area contributed by atoms with Crippen LogP contribution in [0.15, 0.2) is 12.2 Å². The largest absolute Gasteiger partial charge is 0.469 e. The highest BCUT2D eigenvalue weighted by atomic mass is 16.5. The molecule has 0 radical (unpaired) electrons. The van der Waals surface area contributed by atoms with Gasteiger partial charge in [0.1, 0.15) is 0 Å². The van der Waals surface area contributed by atoms with E-state index in [-0.39, 0.29) is 11.9 Å². The Bertz CT molecular complexity index is 180. The minimum atomic E-state index is -0.347. The molecule has 0 fully saturated rings. The molecule has 0 heterocycles. The van der Waals surface area contributed by atoms with Crippen LogP contribution in [0.1, 0.15) is 20.3 Å². The van der Waals surface area contributed by atoms with Crippen molar-refractivity contribution in [3.05, 3.63) is 12.2 Å². The van der Waals surface area contributed by atoms with Crippen molar-refractivity contribution < 1.29 is 24.2 Å². The van der Waals surface area contributed by atoms with Gasteiger partial charge in [-0.05, 0) is 6.92 Å². The van der Waals surface area contributed by atoms with Crippen LogP contribution in [-0.2, 0) is 19.1 Å². The molecule has 0 atom stereocenters. The highest BCUT2D eigenvalue weighted by Gasteiger charge is 1.95. The van der Waals surface area contributed by atoms with Crippen LogP contribution in [0.2, 0.25) is 0 Å². The van der Waals surface area contributed by atoms with Crippen molar-refractivity contribution in [2.24, 2.45) is 0 Å². The fourth-order valence-corrected chi connectivity index (χ4v) is 0.319. The first kappa shape index (κ1) is 19.2. The van der Waals surface area contributed by atoms with Gasteiger partial charge < -0.3 is 14.6 Å². The second-order valence-corrected chi connectivity index (χ2v) is 2.20. The van der Waals surface area contributed by atoms with E-state index in [0.29, 0.717) is 12.0 Å². The first-order valence-corrected chi connectivity index (χ1v) is 4.24. The summed E-state index contributed by atoms with van der Waals surface area (Å²) in [7, 11) is 3.71. The van der Waals surface area contributed by atoms with E-state index in [2.05, 4.69) is 16.1 Å². The van der Waals surface area contributed by atoms with Crippen LogP contribution >= 0.6 is 0 Å². The van der Waals surface area contributed by atoms with E-state index in [1.807, 2.05) is 0 Å². The summed E-state index contributed by atoms with van der Waals surface area (Å²) < 4.78 is 8.53. The molecule has 0 spiro atoms. The molecule has 90 valence electrons. The third-order valence-corrected chi connectivity index (χ3v) is 1.05. The second kappa shape index (κ2) is 15.1. The summed E-state index contributed by atoms with van der Waals surface area (Å²) in [5.74, 6) is -0.505. The van der Waals surface area contributed by atoms with Crippen molar-refractivity contribution in [3.63, 3.8) is 0 Å². The Kier molecular flexibility index (Phi) is 19.4. The Hall–Kier alpha value is -1.36. The monoisotopic (exact) mass is 220 g/mol. The molecule has 5 nitrogen and oxygen atoms in total. The Morgan fingerprint density at radius 3 is 1.60 bits per heavy atom. The first-order chi connectivity index (χ1) is 6.99. The van der Waals surface area contributed by atoms with E-state index in [9.17, 15) is 9.59 Å². The van der Waals surface area contributed by atoms with Crippen LogP contribution in [0.25, 0.3) is 0 Å². The molecule has 0 bridgehead atoms. The molecule has 0 aromatic rings. The van der Waals surface area contributed by atoms with E-state index in [1.54, 1.807) is 13.8 Å². The van der Waals surface area contributed by atoms with Gasteiger partial charge in [-0.2, -0.15) is 0 Å². The fraction of sp³-hybridized carbons (Fsp3) is 0.600. The lowest BCUT2D eigenvalue weighted by Crippen LogP contribution is -1.98. The van der Waals surface area contributed by atoms with Crippen LogP contribution in [0.5, 0.6) is 0 Å². The summed E-state index contributed by atoms with van der Waals surface area (Å²) in [6.07, 6.45) is 0.469. The summed E-state index contributed by atoms with van der Waals surface area (Å²) in [6.45, 7) is 6.71. The summed E-state index contributed by atoms with van der Waals surface area (Å²) >= 11 is 0. The summed E-state index contributed by atoms with van der Waals surface area (Å²) in [5, 5.41) is 7.00. The average Bonchev–Trinajstić information content (AvgIpc) is 2.30. The number of carbonyl (C=O) groups is 2. The van der Waals surface area contributed by atoms with E-state index in [1.165, 1.54) is 14.2 Å². The smallest absolute Gasteiger partial charge is 0.332 e. The van der Waals surface area contributed by atoms with E-state index >= 15 is 0 Å². The third kappa shape index (κ3) is 19.2. The molecule has 0 unspecified atom stereocenters. The summed E-state index contributed by atoms with van der Waals surface area (Å²) in [4.78, 5) is 20.1. The van der Waals surface area contributed by atoms with Crippen LogP contribution in [0.4, 0.5) is 0 Å². The van der Waals surface area contributed by atoms with Crippen LogP contribution < -0.4 is 0 Å². The van der Waals surface area contributed by atoms with Gasteiger partial charge in [-0.15, -0.1) is 0 Å². The summed E-state index contributed by atoms with van der Waals surface area (Å²) in [5.41, 5.74) is 0.433. The van der Waals surface area contributed by atoms with Crippen LogP contribution in [0, 0.1) is 0 Å². The van der Waals surface area contributed by atoms with Crippen molar-refractivity contribution in [3.8, 4) is 0 Å². The van der Waals surface area contributed by atoms with Gasteiger partial charge in [-0.1, -0.05) is 13.5 Å². The van der Waals surface area contributed by atoms with Crippen molar-refractivity contribution in [1.82, 2.24) is 0 Å². The maximum absolute atomic E-state index is 10.2. The van der Waals surface area contributed by atoms with Gasteiger partial charge in [0.25, 0.3) is 0 Å². The number of methoxy groups -OCH3 is 2. The number of ether oxygens (including phenoxy) is 2. The highest BCUT2D eigenvalue weighted by molar-refractivity contribution is 5.86. The van der Waals surface area contributed by atoms with Gasteiger partial charge in [0, 0.05) is 19.1 Å². The summed E-state index contributed by atoms with van der Waals surface area (Å²) in [6, 6.07) is 0. The van der Waals surface area contributed by atoms with Gasteiger partial charge in [0.15, 0.2) is 0 Å². The molecule has 1 N–H and O–H groups in total. The molecule has 0 rings (SSSR count). The van der Waals surface area contributed by atoms with E-state index in [4.69, 9.17) is 5.11 Å². The number of carbonyl (C=O) groups excluding carboxylic acids is 2. The normalized spacial score (nSPS) is 7.07. The Morgan fingerprint density at radius 2 is 1.60 bits per heavy atom. The number of hydrogen-bond donors (Lipinski definition) is 1. The minimum absolute atomic E-state index is 0.157. The zero-order valence-corrected chi connectivity index (χ0v) is 9.99. The first-order valence-electron chi connectivity index (χ1n) is 4.24. The molecule has 0 saturated heterocycles. The standard InChI is InChI=1S/C5H8O2.C4H8O2.CH4O/c1-4(2)5(6)7-3;1-3-4(5)6-2;1-2/h1H2,2-3H3;3H2,1-2H3;2H,1H3. The Balaban J connectivity index is -0.000000166. The maximum Gasteiger partial charge on any atom is 0.332 e. The predicted molar refractivity (Wildman–Crippen MR) is 57.3 cm³/mol. The van der Waals surface area contributed by atoms with E-state index < -0.39 is 0 Å². The zero-order chi connectivity index (χ0) is 12.9. The minimum Gasteiger partial charge on any atom is -0.469 e. The molecule has 5 heteroatoms. The van der Waals surface area contributed by atoms with Gasteiger partial charge in [-0.3, -0.25) is 4.79 Å². The number of esters is 2. The molecule has 0 aliphatic carbocycles. The predicted octanol–water partition coefficient (Wildman–Crippen LogP) is 0.913. The van der Waals surface area contributed by atoms with E-state index in [0.717, 1.165) is 7.11 Å². The fourth-order valence-electron chi connectivity index (χ4n) is 0.319. The molecule has 0 aliphatic rings. The van der Waals surface area contributed by atoms with Crippen molar-refractivity contribution in [1.29, 1.82) is 0 Å². The van der Waals surface area contributed by atoms with Gasteiger partial charge in [-0.25, -0.2) is 4.79 Å². The molecular weight excluding hydrogens is 200 g/mol. The maximum atomic E-state index is 10.2. The third-order valence-electron chi connectivity index (χ3n) is 1.05. The molecular formula is C10H20O5.